The van der Waals surface area contributed by atoms with Gasteiger partial charge in [0.1, 0.15) is 11.8 Å². The average molecular weight is 845 g/mol. The first kappa shape index (κ1) is 47.3. The van der Waals surface area contributed by atoms with Gasteiger partial charge in [0.2, 0.25) is 5.54 Å². The van der Waals surface area contributed by atoms with Gasteiger partial charge in [-0.2, -0.15) is 0 Å². The van der Waals surface area contributed by atoms with Crippen LogP contribution in [0.3, 0.4) is 0 Å². The molecular weight excluding hydrogens is 786 g/mol. The zero-order valence-electron chi connectivity index (χ0n) is 36.7. The summed E-state index contributed by atoms with van der Waals surface area (Å²) in [4.78, 5) is 14.2. The van der Waals surface area contributed by atoms with E-state index in [9.17, 15) is 0 Å². The van der Waals surface area contributed by atoms with Gasteiger partial charge in [0.25, 0.3) is 0 Å². The molecule has 0 unspecified atom stereocenters. The van der Waals surface area contributed by atoms with Crippen molar-refractivity contribution >= 4 is 12.4 Å². The van der Waals surface area contributed by atoms with Gasteiger partial charge in [-0.25, -0.2) is 4.99 Å². The maximum absolute atomic E-state index is 5.38. The number of ether oxygens (including phenoxy) is 3. The molecule has 3 fully saturated rings. The third-order valence-electron chi connectivity index (χ3n) is 11.2. The van der Waals surface area contributed by atoms with Crippen LogP contribution in [0.2, 0.25) is 0 Å². The van der Waals surface area contributed by atoms with Crippen molar-refractivity contribution in [1.29, 1.82) is 0 Å². The molecule has 0 radical (unpaired) electrons. The molecule has 0 bridgehead atoms. The standard InChI is InChI=1S/C44H34N3.3C4H8O.Na/c1-7-19-35(20-8-1)43(36-21-9-2-10-22-36,37-23-11-3-12-24-37)45-33-41-31-32-42(47-41)34-46-44(38-25-13-4-14-26-38,39-27-15-5-16-28-39)40-29-17-6-18-30-40;3*1-2-4-5-3-1;/h1-34H;3*1-4H2;/q-1;;;;+1/p+1. The second-order valence-corrected chi connectivity index (χ2v) is 15.5. The molecule has 3 aliphatic heterocycles. The van der Waals surface area contributed by atoms with Crippen LogP contribution >= 0.6 is 0 Å². The van der Waals surface area contributed by atoms with Crippen LogP contribution in [-0.2, 0) is 25.3 Å². The first-order valence-electron chi connectivity index (χ1n) is 22.2. The van der Waals surface area contributed by atoms with Crippen molar-refractivity contribution < 1.29 is 48.8 Å². The largest absolute Gasteiger partial charge is 1.00 e. The second kappa shape index (κ2) is 25.8. The molecule has 316 valence electrons. The fourth-order valence-electron chi connectivity index (χ4n) is 8.00. The van der Waals surface area contributed by atoms with Crippen LogP contribution in [0.15, 0.2) is 199 Å². The third kappa shape index (κ3) is 13.0. The second-order valence-electron chi connectivity index (χ2n) is 15.5. The van der Waals surface area contributed by atoms with Gasteiger partial charge in [-0.15, -0.1) is 5.69 Å². The van der Waals surface area contributed by atoms with Crippen LogP contribution in [-0.4, -0.2) is 52.1 Å². The molecule has 7 heteroatoms. The molecule has 0 saturated carbocycles. The minimum Gasteiger partial charge on any atom is -0.652 e. The summed E-state index contributed by atoms with van der Waals surface area (Å²) in [5.41, 5.74) is 6.93. The first-order valence-corrected chi connectivity index (χ1v) is 22.2. The zero-order chi connectivity index (χ0) is 42.4. The molecule has 0 spiro atoms. The number of rotatable bonds is 10. The molecule has 3 aliphatic rings. The molecule has 7 aromatic rings. The van der Waals surface area contributed by atoms with Gasteiger partial charge in [0, 0.05) is 62.5 Å². The third-order valence-corrected chi connectivity index (χ3v) is 11.2. The molecule has 63 heavy (non-hydrogen) atoms. The van der Waals surface area contributed by atoms with E-state index < -0.39 is 11.1 Å². The number of nitrogens with one attached hydrogen (secondary N) is 1. The van der Waals surface area contributed by atoms with Crippen molar-refractivity contribution in [2.75, 3.05) is 39.6 Å². The smallest absolute Gasteiger partial charge is 0.652 e. The number of nitrogens with zero attached hydrogens (tertiary/aromatic N) is 2. The van der Waals surface area contributed by atoms with E-state index in [0.717, 1.165) is 84.4 Å². The van der Waals surface area contributed by atoms with Crippen LogP contribution < -0.4 is 39.5 Å². The van der Waals surface area contributed by atoms with Crippen LogP contribution in [0.4, 0.5) is 0 Å². The quantitative estimate of drug-likeness (QED) is 0.0922. The van der Waals surface area contributed by atoms with Crippen molar-refractivity contribution in [2.45, 2.75) is 49.6 Å². The molecule has 1 aromatic heterocycles. The van der Waals surface area contributed by atoms with E-state index in [1.807, 2.05) is 42.8 Å². The molecule has 6 nitrogen and oxygen atoms in total. The van der Waals surface area contributed by atoms with Crippen molar-refractivity contribution in [3.63, 3.8) is 0 Å². The Morgan fingerprint density at radius 1 is 0.381 bits per heavy atom. The van der Waals surface area contributed by atoms with E-state index >= 15 is 0 Å². The van der Waals surface area contributed by atoms with Gasteiger partial charge in [0.05, 0.1) is 0 Å². The van der Waals surface area contributed by atoms with E-state index in [1.54, 1.807) is 0 Å². The Balaban J connectivity index is 0.000000347. The molecule has 0 atom stereocenters. The van der Waals surface area contributed by atoms with Gasteiger partial charge < -0.3 is 19.2 Å². The SMILES string of the molecule is C(=NC(c1ccccc1)(c1ccccc1)c1ccccc1)c1ccc(C=[NH+]C(c2ccccc2)(c2ccccc2)c2ccccc2)[n-]1.C1CCOC1.C1CCOC1.C1CCOC1.[Na+]. The number of benzene rings is 6. The van der Waals surface area contributed by atoms with Crippen LogP contribution in [0.1, 0.15) is 83.3 Å². The Morgan fingerprint density at radius 2 is 0.667 bits per heavy atom. The molecule has 4 heterocycles. The Morgan fingerprint density at radius 3 is 0.952 bits per heavy atom. The number of aromatic nitrogens is 1. The fourth-order valence-corrected chi connectivity index (χ4v) is 8.00. The van der Waals surface area contributed by atoms with Crippen molar-refractivity contribution in [1.82, 2.24) is 4.98 Å². The molecule has 10 rings (SSSR count). The molecule has 1 N–H and O–H groups in total. The summed E-state index contributed by atoms with van der Waals surface area (Å²) in [5, 5.41) is 0. The Labute approximate surface area is 396 Å². The van der Waals surface area contributed by atoms with Crippen LogP contribution in [0.25, 0.3) is 0 Å². The van der Waals surface area contributed by atoms with Gasteiger partial charge in [-0.1, -0.05) is 200 Å². The summed E-state index contributed by atoms with van der Waals surface area (Å²) in [7, 11) is 0. The van der Waals surface area contributed by atoms with Gasteiger partial charge >= 0.3 is 29.6 Å². The zero-order valence-corrected chi connectivity index (χ0v) is 38.7. The van der Waals surface area contributed by atoms with Gasteiger partial charge in [0.15, 0.2) is 0 Å². The van der Waals surface area contributed by atoms with Crippen LogP contribution in [0.5, 0.6) is 0 Å². The summed E-state index contributed by atoms with van der Waals surface area (Å²) in [6.07, 6.45) is 11.6. The molecule has 0 aliphatic carbocycles. The van der Waals surface area contributed by atoms with Crippen LogP contribution in [0, 0.1) is 0 Å². The molecular formula is C56H59N3NaO3+. The number of aliphatic imine (C=N–C) groups is 1. The maximum atomic E-state index is 5.38. The van der Waals surface area contributed by atoms with E-state index in [-0.39, 0.29) is 29.6 Å². The first-order chi connectivity index (χ1) is 30.8. The van der Waals surface area contributed by atoms with Crippen molar-refractivity contribution in [3.8, 4) is 0 Å². The summed E-state index contributed by atoms with van der Waals surface area (Å²) in [6, 6.07) is 67.3. The summed E-state index contributed by atoms with van der Waals surface area (Å²) in [5.74, 6) is 0. The molecule has 0 amide bonds. The Hall–Kier alpha value is -5.18. The fraction of sp³-hybridized carbons (Fsp3) is 0.250. The van der Waals surface area contributed by atoms with E-state index in [4.69, 9.17) is 24.2 Å². The number of hydrogen-bond acceptors (Lipinski definition) is 4. The minimum atomic E-state index is -0.742. The monoisotopic (exact) mass is 844 g/mol. The Kier molecular flexibility index (Phi) is 19.4. The molecule has 3 saturated heterocycles. The maximum Gasteiger partial charge on any atom is 1.00 e. The van der Waals surface area contributed by atoms with Gasteiger partial charge in [-0.05, 0) is 55.2 Å². The summed E-state index contributed by atoms with van der Waals surface area (Å²) >= 11 is 0. The van der Waals surface area contributed by atoms with E-state index in [0.29, 0.717) is 0 Å². The van der Waals surface area contributed by atoms with E-state index in [2.05, 4.69) is 169 Å². The molecule has 6 aromatic carbocycles. The normalized spacial score (nSPS) is 14.7. The predicted molar refractivity (Wildman–Crippen MR) is 252 cm³/mol. The van der Waals surface area contributed by atoms with Crippen molar-refractivity contribution in [3.05, 3.63) is 239 Å². The topological polar surface area (TPSA) is 68.1 Å². The summed E-state index contributed by atoms with van der Waals surface area (Å²) in [6.45, 7) is 6.00. The van der Waals surface area contributed by atoms with E-state index in [1.165, 1.54) is 38.5 Å². The number of hydrogen-bond donors (Lipinski definition) is 1. The predicted octanol–water partition coefficient (Wildman–Crippen LogP) is 6.94. The minimum absolute atomic E-state index is 0. The van der Waals surface area contributed by atoms with Crippen molar-refractivity contribution in [2.24, 2.45) is 4.99 Å². The van der Waals surface area contributed by atoms with Gasteiger partial charge in [-0.3, -0.25) is 4.99 Å². The average Bonchev–Trinajstić information content (AvgIpc) is 4.23. The summed E-state index contributed by atoms with van der Waals surface area (Å²) < 4.78 is 14.8. The Bertz CT molecular complexity index is 1940.